The number of hydrogen-bond donors (Lipinski definition) is 1. The Morgan fingerprint density at radius 1 is 1.45 bits per heavy atom. The Morgan fingerprint density at radius 2 is 2.15 bits per heavy atom. The van der Waals surface area contributed by atoms with E-state index in [1.165, 1.54) is 0 Å². The second kappa shape index (κ2) is 6.15. The van der Waals surface area contributed by atoms with Crippen molar-refractivity contribution in [3.05, 3.63) is 34.9 Å². The van der Waals surface area contributed by atoms with Gasteiger partial charge in [0.25, 0.3) is 0 Å². The molecule has 1 aliphatic rings. The predicted octanol–water partition coefficient (Wildman–Crippen LogP) is 3.39. The van der Waals surface area contributed by atoms with Gasteiger partial charge in [-0.1, -0.05) is 36.7 Å². The summed E-state index contributed by atoms with van der Waals surface area (Å²) in [5.41, 5.74) is 0.533. The number of carbonyl (C=O) groups is 1. The van der Waals surface area contributed by atoms with Gasteiger partial charge in [-0.3, -0.25) is 4.79 Å². The topological polar surface area (TPSA) is 32.3 Å². The van der Waals surface area contributed by atoms with Crippen LogP contribution in [0.25, 0.3) is 0 Å². The number of likely N-dealkylation sites (tertiary alicyclic amines) is 1. The summed E-state index contributed by atoms with van der Waals surface area (Å²) in [6.07, 6.45) is 2.02. The second-order valence-corrected chi connectivity index (χ2v) is 6.24. The molecule has 0 spiro atoms. The minimum Gasteiger partial charge on any atom is -0.334 e. The van der Waals surface area contributed by atoms with Crippen molar-refractivity contribution in [3.8, 4) is 0 Å². The molecule has 0 saturated carbocycles. The molecule has 1 aliphatic heterocycles. The van der Waals surface area contributed by atoms with Gasteiger partial charge in [-0.05, 0) is 44.9 Å². The maximum Gasteiger partial charge on any atom is 0.242 e. The SMILES string of the molecule is CCNC(C)(C)C(=O)N1CCCC1c1ccccc1Cl. The van der Waals surface area contributed by atoms with Gasteiger partial charge in [-0.2, -0.15) is 0 Å². The van der Waals surface area contributed by atoms with Gasteiger partial charge in [-0.15, -0.1) is 0 Å². The monoisotopic (exact) mass is 294 g/mol. The lowest BCUT2D eigenvalue weighted by Crippen LogP contribution is -2.53. The van der Waals surface area contributed by atoms with Crippen molar-refractivity contribution in [3.63, 3.8) is 0 Å². The summed E-state index contributed by atoms with van der Waals surface area (Å²) in [4.78, 5) is 14.7. The highest BCUT2D eigenvalue weighted by molar-refractivity contribution is 6.31. The molecule has 1 fully saturated rings. The second-order valence-electron chi connectivity index (χ2n) is 5.83. The van der Waals surface area contributed by atoms with Crippen LogP contribution in [-0.2, 0) is 4.79 Å². The van der Waals surface area contributed by atoms with Crippen molar-refractivity contribution < 1.29 is 4.79 Å². The molecule has 20 heavy (non-hydrogen) atoms. The number of rotatable bonds is 4. The number of likely N-dealkylation sites (N-methyl/N-ethyl adjacent to an activating group) is 1. The molecule has 1 aromatic rings. The molecule has 4 heteroatoms. The summed E-state index contributed by atoms with van der Waals surface area (Å²) >= 11 is 6.30. The molecule has 1 aromatic carbocycles. The van der Waals surface area contributed by atoms with Gasteiger partial charge >= 0.3 is 0 Å². The highest BCUT2D eigenvalue weighted by Gasteiger charge is 2.38. The number of carbonyl (C=O) groups excluding carboxylic acids is 1. The zero-order valence-electron chi connectivity index (χ0n) is 12.4. The summed E-state index contributed by atoms with van der Waals surface area (Å²) in [6.45, 7) is 7.50. The average molecular weight is 295 g/mol. The summed E-state index contributed by atoms with van der Waals surface area (Å²) < 4.78 is 0. The van der Waals surface area contributed by atoms with E-state index in [-0.39, 0.29) is 11.9 Å². The highest BCUT2D eigenvalue weighted by Crippen LogP contribution is 2.36. The van der Waals surface area contributed by atoms with Crippen LogP contribution in [0.4, 0.5) is 0 Å². The number of amides is 1. The first-order chi connectivity index (χ1) is 9.47. The lowest BCUT2D eigenvalue weighted by molar-refractivity contribution is -0.138. The van der Waals surface area contributed by atoms with Gasteiger partial charge in [0.15, 0.2) is 0 Å². The molecule has 1 N–H and O–H groups in total. The third kappa shape index (κ3) is 2.99. The molecule has 1 amide bonds. The van der Waals surface area contributed by atoms with Gasteiger partial charge < -0.3 is 10.2 Å². The molecule has 0 bridgehead atoms. The number of benzene rings is 1. The van der Waals surface area contributed by atoms with E-state index in [9.17, 15) is 4.79 Å². The first-order valence-corrected chi connectivity index (χ1v) is 7.65. The molecule has 0 radical (unpaired) electrons. The Labute approximate surface area is 126 Å². The fraction of sp³-hybridized carbons (Fsp3) is 0.562. The first kappa shape index (κ1) is 15.3. The lowest BCUT2D eigenvalue weighted by Gasteiger charge is -2.34. The van der Waals surface area contributed by atoms with Crippen molar-refractivity contribution >= 4 is 17.5 Å². The molecule has 0 aliphatic carbocycles. The van der Waals surface area contributed by atoms with Crippen LogP contribution >= 0.6 is 11.6 Å². The van der Waals surface area contributed by atoms with Crippen molar-refractivity contribution in [2.75, 3.05) is 13.1 Å². The Kier molecular flexibility index (Phi) is 4.71. The number of nitrogens with one attached hydrogen (secondary N) is 1. The summed E-state index contributed by atoms with van der Waals surface area (Å²) in [7, 11) is 0. The van der Waals surface area contributed by atoms with E-state index >= 15 is 0 Å². The Bertz CT molecular complexity index is 487. The molecule has 1 unspecified atom stereocenters. The Morgan fingerprint density at radius 3 is 2.80 bits per heavy atom. The first-order valence-electron chi connectivity index (χ1n) is 7.28. The minimum atomic E-state index is -0.529. The number of hydrogen-bond acceptors (Lipinski definition) is 2. The largest absolute Gasteiger partial charge is 0.334 e. The maximum absolute atomic E-state index is 12.8. The van der Waals surface area contributed by atoms with Crippen LogP contribution in [0.5, 0.6) is 0 Å². The van der Waals surface area contributed by atoms with Crippen LogP contribution in [0, 0.1) is 0 Å². The summed E-state index contributed by atoms with van der Waals surface area (Å²) in [6, 6.07) is 7.94. The van der Waals surface area contributed by atoms with E-state index in [4.69, 9.17) is 11.6 Å². The van der Waals surface area contributed by atoms with Gasteiger partial charge in [0, 0.05) is 11.6 Å². The van der Waals surface area contributed by atoms with Gasteiger partial charge in [0.1, 0.15) is 0 Å². The Balaban J connectivity index is 2.24. The lowest BCUT2D eigenvalue weighted by atomic mass is 10.00. The smallest absolute Gasteiger partial charge is 0.242 e. The zero-order valence-corrected chi connectivity index (χ0v) is 13.2. The number of halogens is 1. The van der Waals surface area contributed by atoms with Crippen molar-refractivity contribution in [2.24, 2.45) is 0 Å². The zero-order chi connectivity index (χ0) is 14.8. The molecule has 110 valence electrons. The third-order valence-corrected chi connectivity index (χ3v) is 4.28. The quantitative estimate of drug-likeness (QED) is 0.923. The van der Waals surface area contributed by atoms with Gasteiger partial charge in [0.2, 0.25) is 5.91 Å². The van der Waals surface area contributed by atoms with E-state index in [1.807, 2.05) is 49.9 Å². The van der Waals surface area contributed by atoms with Gasteiger partial charge in [-0.25, -0.2) is 0 Å². The number of nitrogens with zero attached hydrogens (tertiary/aromatic N) is 1. The van der Waals surface area contributed by atoms with E-state index in [1.54, 1.807) is 0 Å². The molecular weight excluding hydrogens is 272 g/mol. The minimum absolute atomic E-state index is 0.106. The van der Waals surface area contributed by atoms with Crippen molar-refractivity contribution in [1.29, 1.82) is 0 Å². The molecular formula is C16H23ClN2O. The van der Waals surface area contributed by atoms with Crippen LogP contribution in [0.3, 0.4) is 0 Å². The van der Waals surface area contributed by atoms with Crippen LogP contribution in [-0.4, -0.2) is 29.4 Å². The van der Waals surface area contributed by atoms with Crippen molar-refractivity contribution in [2.45, 2.75) is 45.2 Å². The van der Waals surface area contributed by atoms with E-state index in [0.717, 1.165) is 36.5 Å². The predicted molar refractivity (Wildman–Crippen MR) is 82.9 cm³/mol. The fourth-order valence-corrected chi connectivity index (χ4v) is 3.22. The molecule has 1 heterocycles. The van der Waals surface area contributed by atoms with Crippen LogP contribution in [0.1, 0.15) is 45.2 Å². The Hall–Kier alpha value is -1.06. The maximum atomic E-state index is 12.8. The molecule has 0 aromatic heterocycles. The van der Waals surface area contributed by atoms with Crippen LogP contribution in [0.15, 0.2) is 24.3 Å². The average Bonchev–Trinajstić information content (AvgIpc) is 2.87. The van der Waals surface area contributed by atoms with Gasteiger partial charge in [0.05, 0.1) is 11.6 Å². The van der Waals surface area contributed by atoms with E-state index < -0.39 is 5.54 Å². The van der Waals surface area contributed by atoms with Crippen molar-refractivity contribution in [1.82, 2.24) is 10.2 Å². The standard InChI is InChI=1S/C16H23ClN2O/c1-4-18-16(2,3)15(20)19-11-7-10-14(19)12-8-5-6-9-13(12)17/h5-6,8-9,14,18H,4,7,10-11H2,1-3H3. The fourth-order valence-electron chi connectivity index (χ4n) is 2.96. The molecule has 3 nitrogen and oxygen atoms in total. The van der Waals surface area contributed by atoms with Crippen LogP contribution < -0.4 is 5.32 Å². The van der Waals surface area contributed by atoms with E-state index in [2.05, 4.69) is 5.32 Å². The third-order valence-electron chi connectivity index (χ3n) is 3.93. The summed E-state index contributed by atoms with van der Waals surface area (Å²) in [5.74, 6) is 0.154. The molecule has 2 rings (SSSR count). The molecule has 1 saturated heterocycles. The summed E-state index contributed by atoms with van der Waals surface area (Å²) in [5, 5.41) is 4.01. The van der Waals surface area contributed by atoms with Crippen LogP contribution in [0.2, 0.25) is 5.02 Å². The normalized spacial score (nSPS) is 19.4. The highest BCUT2D eigenvalue weighted by atomic mass is 35.5. The molecule has 1 atom stereocenters. The van der Waals surface area contributed by atoms with E-state index in [0.29, 0.717) is 0 Å².